The number of nitrogens with one attached hydrogen (secondary N) is 1. The van der Waals surface area contributed by atoms with Crippen LogP contribution in [0.15, 0.2) is 60.1 Å². The SMILES string of the molecule is COc1ccccc1-c1csc(NC(=O)c2cnn(-c3cccc(C(F)(F)F)c3)c2C2CC2)n1. The summed E-state index contributed by atoms with van der Waals surface area (Å²) in [4.78, 5) is 17.6. The molecular formula is C24H19F3N4O2S. The van der Waals surface area contributed by atoms with Crippen LogP contribution in [0.4, 0.5) is 18.3 Å². The number of halogens is 3. The van der Waals surface area contributed by atoms with Gasteiger partial charge in [-0.15, -0.1) is 11.3 Å². The van der Waals surface area contributed by atoms with Crippen molar-refractivity contribution in [2.45, 2.75) is 24.9 Å². The van der Waals surface area contributed by atoms with Crippen molar-refractivity contribution in [3.8, 4) is 22.7 Å². The number of hydrogen-bond donors (Lipinski definition) is 1. The summed E-state index contributed by atoms with van der Waals surface area (Å²) in [6.45, 7) is 0. The molecule has 0 unspecified atom stereocenters. The van der Waals surface area contributed by atoms with Gasteiger partial charge in [0, 0.05) is 16.9 Å². The number of ether oxygens (including phenoxy) is 1. The standard InChI is InChI=1S/C24H19F3N4O2S/c1-33-20-8-3-2-7-17(20)19-13-34-23(29-19)30-22(32)18-12-28-31(21(18)14-9-10-14)16-6-4-5-15(11-16)24(25,26)27/h2-8,11-14H,9-10H2,1H3,(H,29,30,32). The van der Waals surface area contributed by atoms with E-state index in [2.05, 4.69) is 15.4 Å². The highest BCUT2D eigenvalue weighted by Gasteiger charge is 2.34. The molecule has 1 aliphatic rings. The lowest BCUT2D eigenvalue weighted by Crippen LogP contribution is -2.14. The van der Waals surface area contributed by atoms with Gasteiger partial charge in [0.15, 0.2) is 5.13 Å². The fourth-order valence-corrected chi connectivity index (χ4v) is 4.48. The first-order chi connectivity index (χ1) is 16.3. The number of methoxy groups -OCH3 is 1. The van der Waals surface area contributed by atoms with E-state index in [9.17, 15) is 18.0 Å². The first kappa shape index (κ1) is 22.1. The maximum absolute atomic E-state index is 13.2. The minimum atomic E-state index is -4.47. The minimum Gasteiger partial charge on any atom is -0.496 e. The Hall–Kier alpha value is -3.66. The average molecular weight is 485 g/mol. The number of alkyl halides is 3. The molecule has 2 heterocycles. The lowest BCUT2D eigenvalue weighted by Gasteiger charge is -2.12. The van der Waals surface area contributed by atoms with Crippen molar-refractivity contribution in [3.05, 3.63) is 76.9 Å². The Morgan fingerprint density at radius 3 is 2.71 bits per heavy atom. The number of benzene rings is 2. The van der Waals surface area contributed by atoms with Crippen molar-refractivity contribution in [3.63, 3.8) is 0 Å². The summed E-state index contributed by atoms with van der Waals surface area (Å²) in [5.74, 6) is 0.336. The monoisotopic (exact) mass is 484 g/mol. The fourth-order valence-electron chi connectivity index (χ4n) is 3.78. The van der Waals surface area contributed by atoms with Crippen molar-refractivity contribution in [1.82, 2.24) is 14.8 Å². The molecule has 1 fully saturated rings. The number of carbonyl (C=O) groups excluding carboxylic acids is 1. The molecule has 0 atom stereocenters. The molecule has 0 radical (unpaired) electrons. The third-order valence-corrected chi connectivity index (χ3v) is 6.30. The molecular weight excluding hydrogens is 465 g/mol. The highest BCUT2D eigenvalue weighted by atomic mass is 32.1. The molecule has 174 valence electrons. The van der Waals surface area contributed by atoms with Gasteiger partial charge < -0.3 is 4.74 Å². The van der Waals surface area contributed by atoms with E-state index in [0.717, 1.165) is 30.5 Å². The third-order valence-electron chi connectivity index (χ3n) is 5.54. The molecule has 1 N–H and O–H groups in total. The highest BCUT2D eigenvalue weighted by Crippen LogP contribution is 2.43. The van der Waals surface area contributed by atoms with Crippen LogP contribution >= 0.6 is 11.3 Å². The molecule has 1 saturated carbocycles. The van der Waals surface area contributed by atoms with Crippen LogP contribution in [0.25, 0.3) is 16.9 Å². The first-order valence-electron chi connectivity index (χ1n) is 10.5. The Bertz CT molecular complexity index is 1360. The van der Waals surface area contributed by atoms with Crippen molar-refractivity contribution in [1.29, 1.82) is 0 Å². The number of carbonyl (C=O) groups is 1. The van der Waals surface area contributed by atoms with Crippen LogP contribution in [0.2, 0.25) is 0 Å². The van der Waals surface area contributed by atoms with Gasteiger partial charge in [0.2, 0.25) is 0 Å². The Balaban J connectivity index is 1.43. The molecule has 6 nitrogen and oxygen atoms in total. The number of thiazole rings is 1. The summed E-state index contributed by atoms with van der Waals surface area (Å²) in [6.07, 6.45) is -1.37. The Kier molecular flexibility index (Phi) is 5.60. The number of amides is 1. The van der Waals surface area contributed by atoms with Crippen LogP contribution in [0.5, 0.6) is 5.75 Å². The maximum atomic E-state index is 13.2. The summed E-state index contributed by atoms with van der Waals surface area (Å²) < 4.78 is 46.4. The van der Waals surface area contributed by atoms with Gasteiger partial charge in [-0.25, -0.2) is 9.67 Å². The smallest absolute Gasteiger partial charge is 0.416 e. The molecule has 0 saturated heterocycles. The van der Waals surface area contributed by atoms with Crippen molar-refractivity contribution >= 4 is 22.4 Å². The molecule has 5 rings (SSSR count). The van der Waals surface area contributed by atoms with Crippen molar-refractivity contribution in [2.75, 3.05) is 12.4 Å². The summed E-state index contributed by atoms with van der Waals surface area (Å²) in [7, 11) is 1.58. The van der Waals surface area contributed by atoms with E-state index in [4.69, 9.17) is 4.74 Å². The lowest BCUT2D eigenvalue weighted by molar-refractivity contribution is -0.137. The maximum Gasteiger partial charge on any atom is 0.416 e. The van der Waals surface area contributed by atoms with Gasteiger partial charge in [-0.05, 0) is 43.2 Å². The van der Waals surface area contributed by atoms with E-state index in [1.165, 1.54) is 28.3 Å². The number of nitrogens with zero attached hydrogens (tertiary/aromatic N) is 3. The quantitative estimate of drug-likeness (QED) is 0.356. The second-order valence-electron chi connectivity index (χ2n) is 7.87. The van der Waals surface area contributed by atoms with Gasteiger partial charge in [0.05, 0.1) is 41.5 Å². The van der Waals surface area contributed by atoms with Gasteiger partial charge in [-0.3, -0.25) is 10.1 Å². The zero-order chi connectivity index (χ0) is 23.9. The molecule has 10 heteroatoms. The Morgan fingerprint density at radius 1 is 1.18 bits per heavy atom. The number of anilines is 1. The molecule has 0 aliphatic heterocycles. The number of rotatable bonds is 6. The lowest BCUT2D eigenvalue weighted by atomic mass is 10.1. The first-order valence-corrected chi connectivity index (χ1v) is 11.4. The van der Waals surface area contributed by atoms with Crippen LogP contribution in [0.3, 0.4) is 0 Å². The number of para-hydroxylation sites is 1. The predicted octanol–water partition coefficient (Wildman–Crippen LogP) is 6.15. The van der Waals surface area contributed by atoms with Crippen LogP contribution in [0, 0.1) is 0 Å². The van der Waals surface area contributed by atoms with Crippen molar-refractivity contribution in [2.24, 2.45) is 0 Å². The molecule has 4 aromatic rings. The predicted molar refractivity (Wildman–Crippen MR) is 123 cm³/mol. The molecule has 1 amide bonds. The van der Waals surface area contributed by atoms with E-state index < -0.39 is 17.6 Å². The summed E-state index contributed by atoms with van der Waals surface area (Å²) >= 11 is 1.27. The van der Waals surface area contributed by atoms with Crippen molar-refractivity contribution < 1.29 is 22.7 Å². The van der Waals surface area contributed by atoms with E-state index in [1.54, 1.807) is 13.2 Å². The second kappa shape index (κ2) is 8.60. The van der Waals surface area contributed by atoms with Gasteiger partial charge >= 0.3 is 6.18 Å². The zero-order valence-electron chi connectivity index (χ0n) is 18.0. The normalized spacial score (nSPS) is 13.6. The Labute approximate surface area is 197 Å². The summed E-state index contributed by atoms with van der Waals surface area (Å²) in [5.41, 5.74) is 1.91. The van der Waals surface area contributed by atoms with Gasteiger partial charge in [0.1, 0.15) is 5.75 Å². The largest absolute Gasteiger partial charge is 0.496 e. The topological polar surface area (TPSA) is 69.0 Å². The van der Waals surface area contributed by atoms with E-state index >= 15 is 0 Å². The molecule has 2 aromatic heterocycles. The highest BCUT2D eigenvalue weighted by molar-refractivity contribution is 7.14. The molecule has 0 spiro atoms. The summed E-state index contributed by atoms with van der Waals surface area (Å²) in [5, 5.41) is 9.29. The van der Waals surface area contributed by atoms with E-state index in [0.29, 0.717) is 27.8 Å². The molecule has 34 heavy (non-hydrogen) atoms. The van der Waals surface area contributed by atoms with Gasteiger partial charge in [0.25, 0.3) is 5.91 Å². The van der Waals surface area contributed by atoms with E-state index in [-0.39, 0.29) is 11.6 Å². The van der Waals surface area contributed by atoms with Crippen LogP contribution in [0.1, 0.15) is 40.4 Å². The zero-order valence-corrected chi connectivity index (χ0v) is 18.8. The Morgan fingerprint density at radius 2 is 1.97 bits per heavy atom. The second-order valence-corrected chi connectivity index (χ2v) is 8.73. The minimum absolute atomic E-state index is 0.0678. The third kappa shape index (κ3) is 4.28. The average Bonchev–Trinajstić information content (AvgIpc) is 3.39. The summed E-state index contributed by atoms with van der Waals surface area (Å²) in [6, 6.07) is 12.4. The molecule has 0 bridgehead atoms. The van der Waals surface area contributed by atoms with E-state index in [1.807, 2.05) is 29.6 Å². The fraction of sp³-hybridized carbons (Fsp3) is 0.208. The number of hydrogen-bond acceptors (Lipinski definition) is 5. The van der Waals surface area contributed by atoms with Crippen LogP contribution in [-0.4, -0.2) is 27.8 Å². The van der Waals surface area contributed by atoms with Crippen LogP contribution in [-0.2, 0) is 6.18 Å². The number of aromatic nitrogens is 3. The molecule has 1 aliphatic carbocycles. The van der Waals surface area contributed by atoms with Crippen LogP contribution < -0.4 is 10.1 Å². The van der Waals surface area contributed by atoms with Gasteiger partial charge in [-0.1, -0.05) is 18.2 Å². The molecule has 2 aromatic carbocycles. The van der Waals surface area contributed by atoms with Gasteiger partial charge in [-0.2, -0.15) is 18.3 Å².